The molecule has 1 aromatic heterocycles. The zero-order chi connectivity index (χ0) is 12.3. The predicted octanol–water partition coefficient (Wildman–Crippen LogP) is 1.91. The minimum absolute atomic E-state index is 0.279. The molecule has 0 spiro atoms. The molecule has 1 aromatic carbocycles. The number of benzene rings is 1. The van der Waals surface area contributed by atoms with Crippen LogP contribution >= 0.6 is 0 Å². The summed E-state index contributed by atoms with van der Waals surface area (Å²) in [7, 11) is 0. The summed E-state index contributed by atoms with van der Waals surface area (Å²) in [4.78, 5) is 15.1. The zero-order valence-corrected chi connectivity index (χ0v) is 9.06. The third kappa shape index (κ3) is 2.66. The molecule has 0 fully saturated rings. The first kappa shape index (κ1) is 11.3. The van der Waals surface area contributed by atoms with E-state index in [1.807, 2.05) is 0 Å². The Kier molecular flexibility index (Phi) is 3.14. The van der Waals surface area contributed by atoms with Gasteiger partial charge in [-0.3, -0.25) is 9.78 Å². The summed E-state index contributed by atoms with van der Waals surface area (Å²) in [5.41, 5.74) is 6.71. The van der Waals surface area contributed by atoms with E-state index in [4.69, 9.17) is 5.73 Å². The Balaban J connectivity index is 2.28. The number of amides is 1. The van der Waals surface area contributed by atoms with Crippen molar-refractivity contribution in [3.63, 3.8) is 0 Å². The fourth-order valence-corrected chi connectivity index (χ4v) is 1.57. The number of nitrogens with two attached hydrogens (primary N) is 1. The van der Waals surface area contributed by atoms with Crippen LogP contribution < -0.4 is 5.73 Å². The van der Waals surface area contributed by atoms with Gasteiger partial charge in [0.15, 0.2) is 0 Å². The average Bonchev–Trinajstić information content (AvgIpc) is 2.32. The highest BCUT2D eigenvalue weighted by atomic mass is 19.1. The molecule has 2 N–H and O–H groups in total. The molecule has 17 heavy (non-hydrogen) atoms. The normalized spacial score (nSPS) is 10.2. The largest absolute Gasteiger partial charge is 0.366 e. The van der Waals surface area contributed by atoms with E-state index in [9.17, 15) is 9.18 Å². The van der Waals surface area contributed by atoms with Crippen molar-refractivity contribution >= 4 is 5.91 Å². The maximum absolute atomic E-state index is 13.4. The number of hydrogen-bond acceptors (Lipinski definition) is 2. The van der Waals surface area contributed by atoms with Gasteiger partial charge in [0, 0.05) is 23.9 Å². The number of halogens is 1. The van der Waals surface area contributed by atoms with Crippen molar-refractivity contribution in [3.05, 3.63) is 65.2 Å². The third-order valence-electron chi connectivity index (χ3n) is 2.43. The summed E-state index contributed by atoms with van der Waals surface area (Å²) in [5, 5.41) is 0. The van der Waals surface area contributed by atoms with Gasteiger partial charge >= 0.3 is 0 Å². The first-order valence-electron chi connectivity index (χ1n) is 5.15. The van der Waals surface area contributed by atoms with Crippen LogP contribution in [0.25, 0.3) is 0 Å². The monoisotopic (exact) mass is 230 g/mol. The number of hydrogen-bond donors (Lipinski definition) is 1. The van der Waals surface area contributed by atoms with E-state index in [2.05, 4.69) is 4.98 Å². The lowest BCUT2D eigenvalue weighted by atomic mass is 10.1. The van der Waals surface area contributed by atoms with E-state index in [0.29, 0.717) is 23.2 Å². The van der Waals surface area contributed by atoms with Crippen LogP contribution in [0.15, 0.2) is 42.6 Å². The van der Waals surface area contributed by atoms with Crippen molar-refractivity contribution in [3.8, 4) is 0 Å². The maximum Gasteiger partial charge on any atom is 0.248 e. The van der Waals surface area contributed by atoms with Crippen molar-refractivity contribution < 1.29 is 9.18 Å². The highest BCUT2D eigenvalue weighted by molar-refractivity contribution is 5.92. The maximum atomic E-state index is 13.4. The van der Waals surface area contributed by atoms with Gasteiger partial charge in [-0.05, 0) is 23.8 Å². The molecule has 0 radical (unpaired) electrons. The molecule has 0 aliphatic rings. The number of primary amides is 1. The van der Waals surface area contributed by atoms with Gasteiger partial charge in [-0.15, -0.1) is 0 Å². The van der Waals surface area contributed by atoms with Gasteiger partial charge in [0.25, 0.3) is 0 Å². The van der Waals surface area contributed by atoms with Crippen LogP contribution in [-0.4, -0.2) is 10.9 Å². The van der Waals surface area contributed by atoms with Crippen LogP contribution in [-0.2, 0) is 6.42 Å². The van der Waals surface area contributed by atoms with E-state index in [0.717, 1.165) is 0 Å². The highest BCUT2D eigenvalue weighted by Gasteiger charge is 2.06. The van der Waals surface area contributed by atoms with Gasteiger partial charge < -0.3 is 5.73 Å². The van der Waals surface area contributed by atoms with Crippen LogP contribution in [0.1, 0.15) is 21.6 Å². The smallest absolute Gasteiger partial charge is 0.248 e. The summed E-state index contributed by atoms with van der Waals surface area (Å²) in [6.45, 7) is 0. The molecule has 0 bridgehead atoms. The molecule has 0 aliphatic heterocycles. The SMILES string of the molecule is NC(=O)c1ccnc(Cc2ccccc2F)c1. The fraction of sp³-hybridized carbons (Fsp3) is 0.0769. The van der Waals surface area contributed by atoms with Crippen molar-refractivity contribution in [2.75, 3.05) is 0 Å². The van der Waals surface area contributed by atoms with Crippen molar-refractivity contribution in [2.45, 2.75) is 6.42 Å². The molecular weight excluding hydrogens is 219 g/mol. The number of aromatic nitrogens is 1. The molecule has 2 aromatic rings. The molecule has 0 saturated carbocycles. The van der Waals surface area contributed by atoms with Gasteiger partial charge in [0.1, 0.15) is 5.82 Å². The third-order valence-corrected chi connectivity index (χ3v) is 2.43. The molecule has 0 saturated heterocycles. The lowest BCUT2D eigenvalue weighted by molar-refractivity contribution is 0.1000. The van der Waals surface area contributed by atoms with Crippen molar-refractivity contribution in [2.24, 2.45) is 5.73 Å². The molecule has 4 heteroatoms. The standard InChI is InChI=1S/C13H11FN2O/c14-12-4-2-1-3-9(12)7-11-8-10(13(15)17)5-6-16-11/h1-6,8H,7H2,(H2,15,17). The van der Waals surface area contributed by atoms with E-state index >= 15 is 0 Å². The Morgan fingerprint density at radius 1 is 1.29 bits per heavy atom. The van der Waals surface area contributed by atoms with Gasteiger partial charge in [0.05, 0.1) is 0 Å². The number of carbonyl (C=O) groups is 1. The molecule has 3 nitrogen and oxygen atoms in total. The first-order chi connectivity index (χ1) is 8.16. The van der Waals surface area contributed by atoms with Crippen LogP contribution in [0.5, 0.6) is 0 Å². The minimum atomic E-state index is -0.512. The van der Waals surface area contributed by atoms with Crippen LogP contribution in [0.4, 0.5) is 4.39 Å². The summed E-state index contributed by atoms with van der Waals surface area (Å²) in [6.07, 6.45) is 1.84. The fourth-order valence-electron chi connectivity index (χ4n) is 1.57. The zero-order valence-electron chi connectivity index (χ0n) is 9.06. The molecule has 86 valence electrons. The number of carbonyl (C=O) groups excluding carboxylic acids is 1. The van der Waals surface area contributed by atoms with E-state index in [1.54, 1.807) is 24.3 Å². The number of pyridine rings is 1. The second kappa shape index (κ2) is 4.74. The molecule has 0 aliphatic carbocycles. The second-order valence-electron chi connectivity index (χ2n) is 3.67. The highest BCUT2D eigenvalue weighted by Crippen LogP contribution is 2.12. The molecule has 2 rings (SSSR count). The van der Waals surface area contributed by atoms with Crippen LogP contribution in [0.3, 0.4) is 0 Å². The van der Waals surface area contributed by atoms with E-state index in [-0.39, 0.29) is 5.82 Å². The molecular formula is C13H11FN2O. The number of nitrogens with zero attached hydrogens (tertiary/aromatic N) is 1. The van der Waals surface area contributed by atoms with E-state index < -0.39 is 5.91 Å². The average molecular weight is 230 g/mol. The van der Waals surface area contributed by atoms with Gasteiger partial charge in [0.2, 0.25) is 5.91 Å². The Morgan fingerprint density at radius 3 is 2.76 bits per heavy atom. The van der Waals surface area contributed by atoms with Gasteiger partial charge in [-0.25, -0.2) is 4.39 Å². The molecule has 1 amide bonds. The van der Waals surface area contributed by atoms with Crippen LogP contribution in [0, 0.1) is 5.82 Å². The van der Waals surface area contributed by atoms with E-state index in [1.165, 1.54) is 18.3 Å². The lowest BCUT2D eigenvalue weighted by Crippen LogP contribution is -2.11. The second-order valence-corrected chi connectivity index (χ2v) is 3.67. The van der Waals surface area contributed by atoms with Crippen LogP contribution in [0.2, 0.25) is 0 Å². The van der Waals surface area contributed by atoms with Gasteiger partial charge in [-0.1, -0.05) is 18.2 Å². The minimum Gasteiger partial charge on any atom is -0.366 e. The number of rotatable bonds is 3. The molecule has 1 heterocycles. The quantitative estimate of drug-likeness (QED) is 0.875. The van der Waals surface area contributed by atoms with Crippen molar-refractivity contribution in [1.82, 2.24) is 4.98 Å². The Morgan fingerprint density at radius 2 is 2.06 bits per heavy atom. The summed E-state index contributed by atoms with van der Waals surface area (Å²) in [5.74, 6) is -0.791. The summed E-state index contributed by atoms with van der Waals surface area (Å²) < 4.78 is 13.4. The Hall–Kier alpha value is -2.23. The van der Waals surface area contributed by atoms with Gasteiger partial charge in [-0.2, -0.15) is 0 Å². The lowest BCUT2D eigenvalue weighted by Gasteiger charge is -2.03. The predicted molar refractivity (Wildman–Crippen MR) is 62.0 cm³/mol. The summed E-state index contributed by atoms with van der Waals surface area (Å²) in [6, 6.07) is 9.59. The first-order valence-corrected chi connectivity index (χ1v) is 5.15. The summed E-state index contributed by atoms with van der Waals surface area (Å²) >= 11 is 0. The molecule has 0 atom stereocenters. The Labute approximate surface area is 98.1 Å². The van der Waals surface area contributed by atoms with Crippen molar-refractivity contribution in [1.29, 1.82) is 0 Å². The Bertz CT molecular complexity index is 555. The topological polar surface area (TPSA) is 56.0 Å². The molecule has 0 unspecified atom stereocenters.